The molecule has 10 nitrogen and oxygen atoms in total. The molecule has 0 saturated carbocycles. The summed E-state index contributed by atoms with van der Waals surface area (Å²) in [6.07, 6.45) is 3.43. The van der Waals surface area contributed by atoms with Crippen LogP contribution in [0.25, 0.3) is 0 Å². The topological polar surface area (TPSA) is 131 Å². The number of esters is 1. The minimum absolute atomic E-state index is 0. The third kappa shape index (κ3) is 14.2. The molecule has 1 saturated heterocycles. The fourth-order valence-electron chi connectivity index (χ4n) is 4.38. The molecule has 3 amide bonds. The second-order valence-electron chi connectivity index (χ2n) is 10.1. The Bertz CT molecular complexity index is 972. The summed E-state index contributed by atoms with van der Waals surface area (Å²) in [5, 5.41) is 5.34. The van der Waals surface area contributed by atoms with Gasteiger partial charge >= 0.3 is 25.4 Å². The fourth-order valence-corrected chi connectivity index (χ4v) is 4.38. The summed E-state index contributed by atoms with van der Waals surface area (Å²) >= 11 is 0. The standard InChI is InChI=1S/C30H43N3O7.Zn/c1-4-23(5-2)13-14-27(35)33-16-9-12-25(19-33)29(37)32-26(30(38)31-15-17-39-20-22(3)34)18-28(36)40-21-24-10-7-6-8-11-24;/h6-8,10-11,23,25-26H,1-2,4-5,9,12-21H2,3H3,(H,31,38)(H,32,37);/q-2;+2/t25-,26+;/m1./s1. The smallest absolute Gasteiger partial charge is 0.461 e. The first kappa shape index (κ1) is 36.4. The van der Waals surface area contributed by atoms with Crippen LogP contribution in [0.15, 0.2) is 30.3 Å². The van der Waals surface area contributed by atoms with E-state index in [1.54, 1.807) is 4.90 Å². The summed E-state index contributed by atoms with van der Waals surface area (Å²) < 4.78 is 10.5. The van der Waals surface area contributed by atoms with Crippen molar-refractivity contribution in [1.82, 2.24) is 15.5 Å². The Morgan fingerprint density at radius 2 is 1.80 bits per heavy atom. The Morgan fingerprint density at radius 3 is 2.46 bits per heavy atom. The molecule has 11 heteroatoms. The summed E-state index contributed by atoms with van der Waals surface area (Å²) in [5.74, 6) is -1.94. The van der Waals surface area contributed by atoms with Gasteiger partial charge in [0.25, 0.3) is 0 Å². The van der Waals surface area contributed by atoms with E-state index in [9.17, 15) is 24.0 Å². The Morgan fingerprint density at radius 1 is 1.10 bits per heavy atom. The van der Waals surface area contributed by atoms with Crippen molar-refractivity contribution in [2.24, 2.45) is 11.8 Å². The average molecular weight is 623 g/mol. The number of carbonyl (C=O) groups excluding carboxylic acids is 5. The van der Waals surface area contributed by atoms with Crippen LogP contribution >= 0.6 is 0 Å². The number of hydrogen-bond acceptors (Lipinski definition) is 7. The molecule has 0 bridgehead atoms. The maximum atomic E-state index is 13.2. The quantitative estimate of drug-likeness (QED) is 0.118. The van der Waals surface area contributed by atoms with Crippen LogP contribution in [0.5, 0.6) is 0 Å². The zero-order valence-corrected chi connectivity index (χ0v) is 27.2. The molecule has 0 unspecified atom stereocenters. The number of nitrogens with zero attached hydrogens (tertiary/aromatic N) is 1. The Kier molecular flexibility index (Phi) is 18.0. The van der Waals surface area contributed by atoms with Crippen molar-refractivity contribution in [2.45, 2.75) is 64.5 Å². The average Bonchev–Trinajstić information content (AvgIpc) is 2.96. The molecule has 0 aliphatic carbocycles. The largest absolute Gasteiger partial charge is 2.00 e. The van der Waals surface area contributed by atoms with Crippen LogP contribution in [0.2, 0.25) is 0 Å². The minimum Gasteiger partial charge on any atom is -0.461 e. The maximum absolute atomic E-state index is 13.2. The number of benzene rings is 1. The van der Waals surface area contributed by atoms with Crippen molar-refractivity contribution in [1.29, 1.82) is 0 Å². The number of hydrogen-bond donors (Lipinski definition) is 2. The van der Waals surface area contributed by atoms with E-state index < -0.39 is 29.7 Å². The molecule has 1 fully saturated rings. The Balaban J connectivity index is 0.00000840. The van der Waals surface area contributed by atoms with Gasteiger partial charge in [0.1, 0.15) is 19.3 Å². The van der Waals surface area contributed by atoms with Gasteiger partial charge in [0.05, 0.1) is 18.9 Å². The SMILES string of the molecule is [CH2-]CC(C[CH2-])CCC(=O)N1CCC[C@@H](C(=O)N[C@@H](CC(=O)OCc2ccccc2)C(=O)NCCOCC(C)=O)C1.[Zn+2]. The van der Waals surface area contributed by atoms with Gasteiger partial charge in [-0.25, -0.2) is 0 Å². The molecule has 1 aromatic rings. The molecular formula is C30H43N3O7Zn. The number of ether oxygens (including phenoxy) is 2. The first-order chi connectivity index (χ1) is 19.2. The molecule has 1 heterocycles. The van der Waals surface area contributed by atoms with Crippen molar-refractivity contribution in [3.63, 3.8) is 0 Å². The number of likely N-dealkylation sites (tertiary alicyclic amines) is 1. The van der Waals surface area contributed by atoms with Gasteiger partial charge in [-0.3, -0.25) is 24.0 Å². The van der Waals surface area contributed by atoms with Crippen LogP contribution in [-0.4, -0.2) is 73.3 Å². The van der Waals surface area contributed by atoms with E-state index >= 15 is 0 Å². The van der Waals surface area contributed by atoms with Crippen LogP contribution in [-0.2, 0) is 59.5 Å². The van der Waals surface area contributed by atoms with Crippen molar-refractivity contribution in [3.05, 3.63) is 49.7 Å². The van der Waals surface area contributed by atoms with Crippen LogP contribution < -0.4 is 10.6 Å². The fraction of sp³-hybridized carbons (Fsp3) is 0.567. The van der Waals surface area contributed by atoms with Crippen molar-refractivity contribution in [2.75, 3.05) is 32.8 Å². The van der Waals surface area contributed by atoms with Crippen molar-refractivity contribution < 1.29 is 52.9 Å². The molecule has 0 aromatic heterocycles. The molecule has 1 aliphatic rings. The third-order valence-corrected chi connectivity index (χ3v) is 6.83. The van der Waals surface area contributed by atoms with E-state index in [2.05, 4.69) is 24.5 Å². The first-order valence-corrected chi connectivity index (χ1v) is 13.9. The summed E-state index contributed by atoms with van der Waals surface area (Å²) in [7, 11) is 0. The molecule has 2 N–H and O–H groups in total. The normalized spacial score (nSPS) is 15.4. The van der Waals surface area contributed by atoms with E-state index in [-0.39, 0.29) is 70.5 Å². The Hall–Kier alpha value is -2.65. The summed E-state index contributed by atoms with van der Waals surface area (Å²) in [4.78, 5) is 64.2. The second-order valence-corrected chi connectivity index (χ2v) is 10.1. The van der Waals surface area contributed by atoms with Gasteiger partial charge in [-0.1, -0.05) is 36.2 Å². The number of Topliss-reactive ketones (excluding diaryl/α,β-unsaturated/α-hetero) is 1. The van der Waals surface area contributed by atoms with E-state index in [0.717, 1.165) is 18.4 Å². The summed E-state index contributed by atoms with van der Waals surface area (Å²) in [6, 6.07) is 7.97. The number of ketones is 1. The van der Waals surface area contributed by atoms with Crippen molar-refractivity contribution in [3.8, 4) is 0 Å². The van der Waals surface area contributed by atoms with Crippen molar-refractivity contribution >= 4 is 29.5 Å². The van der Waals surface area contributed by atoms with E-state index in [1.807, 2.05) is 30.3 Å². The van der Waals surface area contributed by atoms with Gasteiger partial charge in [-0.05, 0) is 31.7 Å². The number of carbonyl (C=O) groups is 5. The third-order valence-electron chi connectivity index (χ3n) is 6.83. The summed E-state index contributed by atoms with van der Waals surface area (Å²) in [6.45, 7) is 10.2. The maximum Gasteiger partial charge on any atom is 2.00 e. The number of rotatable bonds is 17. The number of amides is 3. The Labute approximate surface area is 256 Å². The second kappa shape index (κ2) is 20.3. The first-order valence-electron chi connectivity index (χ1n) is 13.9. The van der Waals surface area contributed by atoms with Crippen LogP contribution in [0.1, 0.15) is 57.4 Å². The van der Waals surface area contributed by atoms with Crippen LogP contribution in [0, 0.1) is 25.7 Å². The van der Waals surface area contributed by atoms with Gasteiger partial charge in [0, 0.05) is 26.1 Å². The van der Waals surface area contributed by atoms with Crippen LogP contribution in [0.4, 0.5) is 0 Å². The molecule has 0 spiro atoms. The molecule has 1 aliphatic heterocycles. The zero-order valence-electron chi connectivity index (χ0n) is 24.2. The monoisotopic (exact) mass is 621 g/mol. The summed E-state index contributed by atoms with van der Waals surface area (Å²) in [5.41, 5.74) is 0.798. The molecule has 41 heavy (non-hydrogen) atoms. The predicted molar refractivity (Wildman–Crippen MR) is 149 cm³/mol. The van der Waals surface area contributed by atoms with Gasteiger partial charge in [0.2, 0.25) is 17.7 Å². The van der Waals surface area contributed by atoms with Gasteiger partial charge < -0.3 is 38.9 Å². The predicted octanol–water partition coefficient (Wildman–Crippen LogP) is 2.41. The molecule has 2 atom stereocenters. The molecule has 2 rings (SSSR count). The van der Waals surface area contributed by atoms with E-state index in [4.69, 9.17) is 9.47 Å². The van der Waals surface area contributed by atoms with Crippen LogP contribution in [0.3, 0.4) is 0 Å². The van der Waals surface area contributed by atoms with Gasteiger partial charge in [0.15, 0.2) is 5.78 Å². The number of piperidine rings is 1. The molecule has 0 radical (unpaired) electrons. The zero-order chi connectivity index (χ0) is 29.3. The van der Waals surface area contributed by atoms with Gasteiger partial charge in [-0.2, -0.15) is 12.8 Å². The van der Waals surface area contributed by atoms with E-state index in [1.165, 1.54) is 6.92 Å². The molecular weight excluding hydrogens is 580 g/mol. The molecule has 1 aromatic carbocycles. The molecule has 222 valence electrons. The van der Waals surface area contributed by atoms with E-state index in [0.29, 0.717) is 38.1 Å². The number of nitrogens with one attached hydrogen (secondary N) is 2. The van der Waals surface area contributed by atoms with Gasteiger partial charge in [-0.15, -0.1) is 0 Å². The minimum atomic E-state index is -1.16.